The Morgan fingerprint density at radius 3 is 2.68 bits per heavy atom. The number of hydrogen-bond donors (Lipinski definition) is 0. The van der Waals surface area contributed by atoms with Crippen molar-refractivity contribution >= 4 is 28.9 Å². The van der Waals surface area contributed by atoms with Gasteiger partial charge in [-0.1, -0.05) is 11.6 Å². The van der Waals surface area contributed by atoms with Gasteiger partial charge in [0.15, 0.2) is 0 Å². The third-order valence-electron chi connectivity index (χ3n) is 2.48. The maximum atomic E-state index is 13.3. The van der Waals surface area contributed by atoms with Gasteiger partial charge in [0, 0.05) is 6.54 Å². The Morgan fingerprint density at radius 2 is 2.21 bits per heavy atom. The molecule has 0 atom stereocenters. The van der Waals surface area contributed by atoms with Crippen LogP contribution in [-0.2, 0) is 9.53 Å². The van der Waals surface area contributed by atoms with E-state index in [0.717, 1.165) is 12.1 Å². The largest absolute Gasteiger partial charge is 0.468 e. The van der Waals surface area contributed by atoms with Gasteiger partial charge in [0.2, 0.25) is 0 Å². The Bertz CT molecular complexity index is 510. The molecule has 6 nitrogen and oxygen atoms in total. The second-order valence-corrected chi connectivity index (χ2v) is 4.01. The number of carbonyl (C=O) groups is 1. The molecule has 0 unspecified atom stereocenters. The normalized spacial score (nSPS) is 10.1. The lowest BCUT2D eigenvalue weighted by atomic mass is 10.2. The van der Waals surface area contributed by atoms with Gasteiger partial charge in [0.05, 0.1) is 23.1 Å². The van der Waals surface area contributed by atoms with Crippen LogP contribution in [0, 0.1) is 15.9 Å². The van der Waals surface area contributed by atoms with Crippen LogP contribution in [0.1, 0.15) is 6.92 Å². The zero-order valence-electron chi connectivity index (χ0n) is 10.4. The van der Waals surface area contributed by atoms with Crippen LogP contribution in [0.4, 0.5) is 15.8 Å². The molecule has 0 spiro atoms. The summed E-state index contributed by atoms with van der Waals surface area (Å²) in [4.78, 5) is 22.8. The summed E-state index contributed by atoms with van der Waals surface area (Å²) in [6.07, 6.45) is 0. The molecule has 0 saturated carbocycles. The molecule has 0 fully saturated rings. The minimum Gasteiger partial charge on any atom is -0.468 e. The van der Waals surface area contributed by atoms with Crippen LogP contribution in [0.15, 0.2) is 12.1 Å². The fraction of sp³-hybridized carbons (Fsp3) is 0.364. The van der Waals surface area contributed by atoms with E-state index < -0.39 is 22.4 Å². The van der Waals surface area contributed by atoms with Crippen LogP contribution in [0.2, 0.25) is 5.02 Å². The number of carbonyl (C=O) groups excluding carboxylic acids is 1. The molecular weight excluding hydrogens is 279 g/mol. The number of rotatable bonds is 5. The Balaban J connectivity index is 3.25. The average molecular weight is 291 g/mol. The van der Waals surface area contributed by atoms with Crippen molar-refractivity contribution < 1.29 is 18.8 Å². The lowest BCUT2D eigenvalue weighted by Gasteiger charge is -2.21. The van der Waals surface area contributed by atoms with Crippen molar-refractivity contribution in [3.8, 4) is 0 Å². The van der Waals surface area contributed by atoms with Gasteiger partial charge in [-0.3, -0.25) is 14.9 Å². The van der Waals surface area contributed by atoms with Gasteiger partial charge in [-0.05, 0) is 13.0 Å². The third-order valence-corrected chi connectivity index (χ3v) is 2.77. The quantitative estimate of drug-likeness (QED) is 0.473. The topological polar surface area (TPSA) is 72.7 Å². The molecule has 0 aromatic heterocycles. The number of likely N-dealkylation sites (N-methyl/N-ethyl adjacent to an activating group) is 1. The highest BCUT2D eigenvalue weighted by atomic mass is 35.5. The number of ether oxygens (including phenoxy) is 1. The zero-order chi connectivity index (χ0) is 14.6. The van der Waals surface area contributed by atoms with Crippen molar-refractivity contribution in [1.82, 2.24) is 0 Å². The maximum absolute atomic E-state index is 13.3. The van der Waals surface area contributed by atoms with Crippen molar-refractivity contribution in [2.24, 2.45) is 0 Å². The molecule has 0 aliphatic carbocycles. The van der Waals surface area contributed by atoms with E-state index in [1.54, 1.807) is 6.92 Å². The van der Waals surface area contributed by atoms with Crippen molar-refractivity contribution in [1.29, 1.82) is 0 Å². The van der Waals surface area contributed by atoms with Crippen molar-refractivity contribution in [3.05, 3.63) is 33.1 Å². The molecule has 0 heterocycles. The molecule has 1 aromatic rings. The van der Waals surface area contributed by atoms with E-state index in [1.807, 2.05) is 0 Å². The number of nitro benzene ring substituents is 1. The first-order valence-corrected chi connectivity index (χ1v) is 5.73. The predicted octanol–water partition coefficient (Wildman–Crippen LogP) is 2.39. The van der Waals surface area contributed by atoms with Crippen molar-refractivity contribution in [2.75, 3.05) is 25.1 Å². The molecule has 104 valence electrons. The molecule has 0 bridgehead atoms. The number of hydrogen-bond acceptors (Lipinski definition) is 5. The molecule has 0 saturated heterocycles. The molecule has 8 heteroatoms. The molecule has 19 heavy (non-hydrogen) atoms. The summed E-state index contributed by atoms with van der Waals surface area (Å²) in [7, 11) is 1.21. The number of esters is 1. The summed E-state index contributed by atoms with van der Waals surface area (Å²) in [5.41, 5.74) is -0.378. The molecule has 0 radical (unpaired) electrons. The SMILES string of the molecule is CCN(CC(=O)OC)c1cc(Cl)c(F)cc1[N+](=O)[O-]. The first kappa shape index (κ1) is 15.2. The molecule has 0 aliphatic heterocycles. The third kappa shape index (κ3) is 3.54. The van der Waals surface area contributed by atoms with E-state index in [1.165, 1.54) is 12.0 Å². The average Bonchev–Trinajstić information content (AvgIpc) is 2.38. The Labute approximate surface area is 113 Å². The van der Waals surface area contributed by atoms with E-state index in [4.69, 9.17) is 11.6 Å². The summed E-state index contributed by atoms with van der Waals surface area (Å²) >= 11 is 5.62. The number of methoxy groups -OCH3 is 1. The van der Waals surface area contributed by atoms with Gasteiger partial charge < -0.3 is 9.64 Å². The van der Waals surface area contributed by atoms with Crippen molar-refractivity contribution in [2.45, 2.75) is 6.92 Å². The maximum Gasteiger partial charge on any atom is 0.325 e. The number of nitrogens with zero attached hydrogens (tertiary/aromatic N) is 2. The molecule has 1 rings (SSSR count). The molecule has 0 amide bonds. The Kier molecular flexibility index (Phi) is 5.05. The lowest BCUT2D eigenvalue weighted by Crippen LogP contribution is -2.30. The number of nitro groups is 1. The van der Waals surface area contributed by atoms with Crippen LogP contribution < -0.4 is 4.90 Å². The molecule has 0 aliphatic rings. The minimum absolute atomic E-state index is 0.0734. The van der Waals surface area contributed by atoms with E-state index in [2.05, 4.69) is 4.74 Å². The van der Waals surface area contributed by atoms with Gasteiger partial charge in [0.25, 0.3) is 5.69 Å². The zero-order valence-corrected chi connectivity index (χ0v) is 11.1. The highest BCUT2D eigenvalue weighted by Crippen LogP contribution is 2.33. The van der Waals surface area contributed by atoms with Gasteiger partial charge >= 0.3 is 5.97 Å². The summed E-state index contributed by atoms with van der Waals surface area (Å²) < 4.78 is 17.8. The van der Waals surface area contributed by atoms with Gasteiger partial charge in [-0.2, -0.15) is 0 Å². The number of benzene rings is 1. The van der Waals surface area contributed by atoms with Crippen LogP contribution >= 0.6 is 11.6 Å². The fourth-order valence-electron chi connectivity index (χ4n) is 1.51. The first-order chi connectivity index (χ1) is 8.90. The second kappa shape index (κ2) is 6.33. The van der Waals surface area contributed by atoms with Gasteiger partial charge in [-0.15, -0.1) is 0 Å². The summed E-state index contributed by atoms with van der Waals surface area (Å²) in [6, 6.07) is 1.86. The van der Waals surface area contributed by atoms with Gasteiger partial charge in [0.1, 0.15) is 18.0 Å². The first-order valence-electron chi connectivity index (χ1n) is 5.35. The predicted molar refractivity (Wildman–Crippen MR) is 68.0 cm³/mol. The molecule has 1 aromatic carbocycles. The van der Waals surface area contributed by atoms with Crippen LogP contribution in [0.25, 0.3) is 0 Å². The Morgan fingerprint density at radius 1 is 1.58 bits per heavy atom. The summed E-state index contributed by atoms with van der Waals surface area (Å²) in [5.74, 6) is -1.44. The van der Waals surface area contributed by atoms with Crippen LogP contribution in [-0.4, -0.2) is 31.1 Å². The monoisotopic (exact) mass is 290 g/mol. The Hall–Kier alpha value is -1.89. The summed E-state index contributed by atoms with van der Waals surface area (Å²) in [5, 5.41) is 10.7. The van der Waals surface area contributed by atoms with Gasteiger partial charge in [-0.25, -0.2) is 4.39 Å². The van der Waals surface area contributed by atoms with E-state index in [0.29, 0.717) is 6.54 Å². The smallest absolute Gasteiger partial charge is 0.325 e. The van der Waals surface area contributed by atoms with E-state index in [-0.39, 0.29) is 17.3 Å². The lowest BCUT2D eigenvalue weighted by molar-refractivity contribution is -0.384. The standard InChI is InChI=1S/C11H12ClFN2O4/c1-3-14(6-11(16)19-2)9-4-7(12)8(13)5-10(9)15(17)18/h4-5H,3,6H2,1-2H3. The molecular formula is C11H12ClFN2O4. The van der Waals surface area contributed by atoms with Crippen LogP contribution in [0.3, 0.4) is 0 Å². The molecule has 0 N–H and O–H groups in total. The van der Waals surface area contributed by atoms with E-state index in [9.17, 15) is 19.3 Å². The highest BCUT2D eigenvalue weighted by molar-refractivity contribution is 6.31. The summed E-state index contributed by atoms with van der Waals surface area (Å²) in [6.45, 7) is 1.82. The fourth-order valence-corrected chi connectivity index (χ4v) is 1.67. The van der Waals surface area contributed by atoms with Crippen LogP contribution in [0.5, 0.6) is 0 Å². The van der Waals surface area contributed by atoms with Crippen molar-refractivity contribution in [3.63, 3.8) is 0 Å². The van der Waals surface area contributed by atoms with E-state index >= 15 is 0 Å². The number of halogens is 2. The minimum atomic E-state index is -0.883. The highest BCUT2D eigenvalue weighted by Gasteiger charge is 2.23. The second-order valence-electron chi connectivity index (χ2n) is 3.60. The number of anilines is 1.